The number of para-hydroxylation sites is 1. The lowest BCUT2D eigenvalue weighted by atomic mass is 10.1. The highest BCUT2D eigenvalue weighted by molar-refractivity contribution is 5.91. The fraction of sp³-hybridized carbons (Fsp3) is 0.200. The number of carbonyl (C=O) groups is 1. The second-order valence-electron chi connectivity index (χ2n) is 6.51. The van der Waals surface area contributed by atoms with Gasteiger partial charge in [-0.1, -0.05) is 18.2 Å². The highest BCUT2D eigenvalue weighted by Crippen LogP contribution is 2.31. The minimum absolute atomic E-state index is 0.0624. The number of methoxy groups -OCH3 is 1. The molecule has 158 valence electrons. The predicted octanol–water partition coefficient (Wildman–Crippen LogP) is 2.39. The van der Waals surface area contributed by atoms with Crippen molar-refractivity contribution in [3.63, 3.8) is 0 Å². The van der Waals surface area contributed by atoms with Crippen molar-refractivity contribution in [1.82, 2.24) is 15.2 Å². The Kier molecular flexibility index (Phi) is 6.19. The Morgan fingerprint density at radius 1 is 1.30 bits per heavy atom. The quantitative estimate of drug-likeness (QED) is 0.324. The summed E-state index contributed by atoms with van der Waals surface area (Å²) in [6.07, 6.45) is 0. The normalized spacial score (nSPS) is 10.6. The van der Waals surface area contributed by atoms with Crippen molar-refractivity contribution in [2.24, 2.45) is 18.7 Å². The molecule has 0 fully saturated rings. The third kappa shape index (κ3) is 4.04. The van der Waals surface area contributed by atoms with Crippen LogP contribution in [0.15, 0.2) is 42.5 Å². The van der Waals surface area contributed by atoms with Crippen molar-refractivity contribution >= 4 is 11.7 Å². The Bertz CT molecular complexity index is 1070. The second-order valence-corrected chi connectivity index (χ2v) is 6.51. The number of hydrazine groups is 2. The van der Waals surface area contributed by atoms with E-state index >= 15 is 0 Å². The Morgan fingerprint density at radius 2 is 2.03 bits per heavy atom. The zero-order valence-electron chi connectivity index (χ0n) is 16.8. The molecule has 0 unspecified atom stereocenters. The highest BCUT2D eigenvalue weighted by Gasteiger charge is 2.19. The minimum atomic E-state index is -0.657. The predicted molar refractivity (Wildman–Crippen MR) is 110 cm³/mol. The number of nitrogens with zero attached hydrogens (tertiary/aromatic N) is 3. The maximum Gasteiger partial charge on any atom is 0.350 e. The number of hydrogen-bond donors (Lipinski definition) is 3. The molecule has 0 aliphatic carbocycles. The molecule has 0 spiro atoms. The summed E-state index contributed by atoms with van der Waals surface area (Å²) < 4.78 is 26.8. The molecule has 5 N–H and O–H groups in total. The lowest BCUT2D eigenvalue weighted by molar-refractivity contribution is 0.246. The molecule has 0 radical (unpaired) electrons. The van der Waals surface area contributed by atoms with E-state index in [0.29, 0.717) is 22.6 Å². The number of anilines is 1. The summed E-state index contributed by atoms with van der Waals surface area (Å²) in [5.74, 6) is 11.1. The fourth-order valence-corrected chi connectivity index (χ4v) is 3.05. The molecule has 0 saturated carbocycles. The highest BCUT2D eigenvalue weighted by atomic mass is 19.1. The van der Waals surface area contributed by atoms with Gasteiger partial charge in [0.05, 0.1) is 12.8 Å². The van der Waals surface area contributed by atoms with Crippen molar-refractivity contribution in [1.29, 1.82) is 0 Å². The van der Waals surface area contributed by atoms with Gasteiger partial charge in [-0.05, 0) is 36.8 Å². The average molecular weight is 414 g/mol. The van der Waals surface area contributed by atoms with Crippen molar-refractivity contribution in [2.45, 2.75) is 13.5 Å². The van der Waals surface area contributed by atoms with Crippen LogP contribution in [-0.2, 0) is 13.7 Å². The van der Waals surface area contributed by atoms with E-state index in [2.05, 4.69) is 5.10 Å². The molecule has 2 amide bonds. The topological polar surface area (TPSA) is 121 Å². The number of rotatable bonds is 6. The molecule has 1 aromatic heterocycles. The van der Waals surface area contributed by atoms with Crippen LogP contribution < -0.4 is 31.6 Å². The molecule has 0 aliphatic heterocycles. The molecule has 9 nitrogen and oxygen atoms in total. The molecular formula is C20H23FN6O3. The summed E-state index contributed by atoms with van der Waals surface area (Å²) in [6.45, 7) is 2.01. The number of amides is 2. The van der Waals surface area contributed by atoms with Gasteiger partial charge in [0.1, 0.15) is 18.1 Å². The zero-order chi connectivity index (χ0) is 21.8. The van der Waals surface area contributed by atoms with Gasteiger partial charge in [0, 0.05) is 18.2 Å². The molecular weight excluding hydrogens is 391 g/mol. The van der Waals surface area contributed by atoms with Gasteiger partial charge in [0.25, 0.3) is 0 Å². The molecule has 3 aromatic rings. The van der Waals surface area contributed by atoms with E-state index in [1.165, 1.54) is 11.8 Å². The summed E-state index contributed by atoms with van der Waals surface area (Å²) in [4.78, 5) is 11.7. The number of benzene rings is 2. The zero-order valence-corrected chi connectivity index (χ0v) is 16.8. The summed E-state index contributed by atoms with van der Waals surface area (Å²) in [6, 6.07) is 11.6. The first-order chi connectivity index (χ1) is 14.4. The van der Waals surface area contributed by atoms with Crippen LogP contribution in [-0.4, -0.2) is 22.9 Å². The molecule has 0 aliphatic rings. The molecule has 0 atom stereocenters. The monoisotopic (exact) mass is 414 g/mol. The van der Waals surface area contributed by atoms with Crippen LogP contribution >= 0.6 is 0 Å². The smallest absolute Gasteiger partial charge is 0.350 e. The first kappa shape index (κ1) is 21.1. The maximum absolute atomic E-state index is 14.5. The minimum Gasteiger partial charge on any atom is -0.489 e. The van der Waals surface area contributed by atoms with Crippen LogP contribution in [0.3, 0.4) is 0 Å². The van der Waals surface area contributed by atoms with Crippen molar-refractivity contribution in [3.05, 3.63) is 59.4 Å². The molecule has 1 heterocycles. The standard InChI is InChI=1S/C20H23FN6O3/c1-12-10-13(18-17(21)19(29-3)26(2)25-18)8-9-16(12)30-11-14-6-4-5-7-15(14)27(23)20(28)24-22/h4-10H,11,22-23H2,1-3H3,(H,24,28). The van der Waals surface area contributed by atoms with E-state index < -0.39 is 11.8 Å². The van der Waals surface area contributed by atoms with Gasteiger partial charge in [-0.2, -0.15) is 9.49 Å². The SMILES string of the molecule is COc1c(F)c(-c2ccc(OCc3ccccc3N(N)C(=O)NN)c(C)c2)nn1C. The third-order valence-electron chi connectivity index (χ3n) is 4.56. The second kappa shape index (κ2) is 8.80. The van der Waals surface area contributed by atoms with E-state index in [4.69, 9.17) is 21.2 Å². The molecule has 0 saturated heterocycles. The number of hydrogen-bond acceptors (Lipinski definition) is 6. The fourth-order valence-electron chi connectivity index (χ4n) is 3.05. The number of halogens is 1. The first-order valence-electron chi connectivity index (χ1n) is 9.01. The van der Waals surface area contributed by atoms with Gasteiger partial charge in [0.15, 0.2) is 0 Å². The van der Waals surface area contributed by atoms with Crippen LogP contribution in [0, 0.1) is 12.7 Å². The van der Waals surface area contributed by atoms with Crippen molar-refractivity contribution in [3.8, 4) is 22.9 Å². The molecule has 0 bridgehead atoms. The number of nitrogens with two attached hydrogens (primary N) is 2. The lowest BCUT2D eigenvalue weighted by Gasteiger charge is -2.19. The number of carbonyl (C=O) groups excluding carboxylic acids is 1. The summed E-state index contributed by atoms with van der Waals surface area (Å²) >= 11 is 0. The van der Waals surface area contributed by atoms with Crippen LogP contribution in [0.1, 0.15) is 11.1 Å². The number of ether oxygens (including phenoxy) is 2. The lowest BCUT2D eigenvalue weighted by Crippen LogP contribution is -2.48. The largest absolute Gasteiger partial charge is 0.489 e. The van der Waals surface area contributed by atoms with Gasteiger partial charge in [0.2, 0.25) is 11.7 Å². The van der Waals surface area contributed by atoms with E-state index in [9.17, 15) is 9.18 Å². The average Bonchev–Trinajstić information content (AvgIpc) is 3.05. The molecule has 3 rings (SSSR count). The van der Waals surface area contributed by atoms with E-state index in [0.717, 1.165) is 10.6 Å². The van der Waals surface area contributed by atoms with Crippen LogP contribution in [0.4, 0.5) is 14.9 Å². The first-order valence-corrected chi connectivity index (χ1v) is 9.01. The van der Waals surface area contributed by atoms with Crippen LogP contribution in [0.5, 0.6) is 11.6 Å². The van der Waals surface area contributed by atoms with Gasteiger partial charge >= 0.3 is 6.03 Å². The maximum atomic E-state index is 14.5. The molecule has 2 aromatic carbocycles. The summed E-state index contributed by atoms with van der Waals surface area (Å²) in [7, 11) is 3.00. The molecule has 30 heavy (non-hydrogen) atoms. The number of aryl methyl sites for hydroxylation is 2. The van der Waals surface area contributed by atoms with Gasteiger partial charge in [-0.15, -0.1) is 0 Å². The van der Waals surface area contributed by atoms with Crippen molar-refractivity contribution in [2.75, 3.05) is 12.1 Å². The van der Waals surface area contributed by atoms with Gasteiger partial charge in [-0.3, -0.25) is 5.43 Å². The number of nitrogens with one attached hydrogen (secondary N) is 1. The van der Waals surface area contributed by atoms with E-state index in [1.807, 2.05) is 18.4 Å². The Balaban J connectivity index is 1.81. The summed E-state index contributed by atoms with van der Waals surface area (Å²) in [5, 5.41) is 5.09. The van der Waals surface area contributed by atoms with E-state index in [-0.39, 0.29) is 18.2 Å². The van der Waals surface area contributed by atoms with E-state index in [1.54, 1.807) is 43.4 Å². The Morgan fingerprint density at radius 3 is 2.67 bits per heavy atom. The Labute approximate surface area is 172 Å². The molecule has 10 heteroatoms. The van der Waals surface area contributed by atoms with Gasteiger partial charge < -0.3 is 9.47 Å². The number of urea groups is 1. The van der Waals surface area contributed by atoms with Crippen LogP contribution in [0.2, 0.25) is 0 Å². The van der Waals surface area contributed by atoms with Gasteiger partial charge in [-0.25, -0.2) is 26.2 Å². The summed E-state index contributed by atoms with van der Waals surface area (Å²) in [5.41, 5.74) is 4.71. The third-order valence-corrected chi connectivity index (χ3v) is 4.56. The van der Waals surface area contributed by atoms with Crippen LogP contribution in [0.25, 0.3) is 11.3 Å². The Hall–Kier alpha value is -3.63. The number of aromatic nitrogens is 2. The van der Waals surface area contributed by atoms with Crippen molar-refractivity contribution < 1.29 is 18.7 Å².